The normalized spacial score (nSPS) is 24.6. The van der Waals surface area contributed by atoms with Gasteiger partial charge in [0.15, 0.2) is 5.84 Å². The molecule has 7 rings (SSSR count). The molecule has 41 heavy (non-hydrogen) atoms. The Morgan fingerprint density at radius 1 is 0.878 bits per heavy atom. The summed E-state index contributed by atoms with van der Waals surface area (Å²) >= 11 is 21.8. The molecule has 0 bridgehead atoms. The van der Waals surface area contributed by atoms with Crippen LogP contribution in [0.15, 0.2) is 113 Å². The first-order valence-corrected chi connectivity index (χ1v) is 15.4. The molecule has 1 saturated heterocycles. The van der Waals surface area contributed by atoms with E-state index in [1.54, 1.807) is 0 Å². The van der Waals surface area contributed by atoms with Gasteiger partial charge in [-0.25, -0.2) is 0 Å². The molecule has 4 aromatic carbocycles. The number of amidine groups is 1. The predicted octanol–water partition coefficient (Wildman–Crippen LogP) is 9.03. The Bertz CT molecular complexity index is 1690. The summed E-state index contributed by atoms with van der Waals surface area (Å²) in [4.78, 5) is 12.6. The van der Waals surface area contributed by atoms with Crippen LogP contribution in [0.2, 0.25) is 15.1 Å². The summed E-state index contributed by atoms with van der Waals surface area (Å²) in [7, 11) is 2.15. The average Bonchev–Trinajstić information content (AvgIpc) is 3.31. The monoisotopic (exact) mass is 617 g/mol. The number of benzene rings is 4. The van der Waals surface area contributed by atoms with E-state index in [9.17, 15) is 0 Å². The molecule has 0 N–H and O–H groups in total. The van der Waals surface area contributed by atoms with Crippen molar-refractivity contribution in [2.24, 2.45) is 11.1 Å². The second-order valence-corrected chi connectivity index (χ2v) is 13.0. The lowest BCUT2D eigenvalue weighted by Crippen LogP contribution is -2.63. The molecule has 1 fully saturated rings. The predicted molar refractivity (Wildman–Crippen MR) is 171 cm³/mol. The van der Waals surface area contributed by atoms with Crippen molar-refractivity contribution in [2.45, 2.75) is 15.9 Å². The fraction of sp³-hybridized carbons (Fsp3) is 0.182. The van der Waals surface area contributed by atoms with Crippen LogP contribution in [0, 0.1) is 5.92 Å². The van der Waals surface area contributed by atoms with Gasteiger partial charge in [0, 0.05) is 49.4 Å². The first-order valence-electron chi connectivity index (χ1n) is 13.4. The van der Waals surface area contributed by atoms with Gasteiger partial charge in [0.05, 0.1) is 11.6 Å². The number of likely N-dealkylation sites (tertiary alicyclic amines) is 1. The SMILES string of the molecule is CN1C/C(=C\c2ccccc2Cl)[C@]23ON=C(c4ccc(Cl)cc4)N2c2ccccc2S[C@@H](c2ccccc2Cl)[C@@H]3C1. The van der Waals surface area contributed by atoms with Crippen molar-refractivity contribution in [2.75, 3.05) is 25.0 Å². The quantitative estimate of drug-likeness (QED) is 0.229. The smallest absolute Gasteiger partial charge is 0.244 e. The van der Waals surface area contributed by atoms with E-state index in [-0.39, 0.29) is 11.2 Å². The van der Waals surface area contributed by atoms with E-state index in [4.69, 9.17) is 44.8 Å². The average molecular weight is 619 g/mol. The van der Waals surface area contributed by atoms with Crippen LogP contribution in [0.25, 0.3) is 6.08 Å². The molecular weight excluding hydrogens is 593 g/mol. The maximum atomic E-state index is 6.92. The lowest BCUT2D eigenvalue weighted by molar-refractivity contribution is -0.0595. The molecule has 3 atom stereocenters. The molecule has 0 radical (unpaired) electrons. The second-order valence-electron chi connectivity index (χ2n) is 10.6. The van der Waals surface area contributed by atoms with E-state index >= 15 is 0 Å². The van der Waals surface area contributed by atoms with Crippen LogP contribution in [0.3, 0.4) is 0 Å². The maximum absolute atomic E-state index is 6.92. The molecule has 206 valence electrons. The lowest BCUT2D eigenvalue weighted by atomic mass is 9.77. The number of para-hydroxylation sites is 1. The molecule has 8 heteroatoms. The standard InChI is InChI=1S/C33H26Cl3N3OS/c1-38-19-23(18-22-8-2-4-10-27(22)35)33-26(20-38)31(25-9-3-5-11-28(25)36)41-30-13-7-6-12-29(30)39(33)32(37-40-33)21-14-16-24(34)17-15-21/h2-18,26,31H,19-20H2,1H3/b23-18+/t26-,31-,33+/m0/s1. The fourth-order valence-electron chi connectivity index (χ4n) is 6.20. The number of hydrogen-bond acceptors (Lipinski definition) is 5. The molecule has 0 saturated carbocycles. The van der Waals surface area contributed by atoms with E-state index in [0.29, 0.717) is 16.6 Å². The summed E-state index contributed by atoms with van der Waals surface area (Å²) in [6, 6.07) is 32.3. The van der Waals surface area contributed by atoms with E-state index < -0.39 is 5.72 Å². The highest BCUT2D eigenvalue weighted by atomic mass is 35.5. The van der Waals surface area contributed by atoms with Crippen LogP contribution in [-0.2, 0) is 4.84 Å². The molecule has 4 aromatic rings. The van der Waals surface area contributed by atoms with Gasteiger partial charge in [0.2, 0.25) is 5.72 Å². The first kappa shape index (κ1) is 26.9. The maximum Gasteiger partial charge on any atom is 0.244 e. The third-order valence-corrected chi connectivity index (χ3v) is 10.4. The number of thioether (sulfide) groups is 1. The van der Waals surface area contributed by atoms with Crippen molar-refractivity contribution in [3.05, 3.63) is 134 Å². The van der Waals surface area contributed by atoms with Crippen molar-refractivity contribution in [3.8, 4) is 0 Å². The highest BCUT2D eigenvalue weighted by molar-refractivity contribution is 7.99. The third-order valence-electron chi connectivity index (χ3n) is 8.00. The van der Waals surface area contributed by atoms with Crippen molar-refractivity contribution in [3.63, 3.8) is 0 Å². The van der Waals surface area contributed by atoms with Crippen LogP contribution in [-0.4, -0.2) is 36.6 Å². The number of nitrogens with zero attached hydrogens (tertiary/aromatic N) is 3. The van der Waals surface area contributed by atoms with Crippen molar-refractivity contribution >= 4 is 64.2 Å². The number of halogens is 3. The number of anilines is 1. The van der Waals surface area contributed by atoms with Crippen molar-refractivity contribution in [1.29, 1.82) is 0 Å². The number of oxime groups is 1. The Hall–Kier alpha value is -2.93. The topological polar surface area (TPSA) is 28.1 Å². The lowest BCUT2D eigenvalue weighted by Gasteiger charge is -2.50. The van der Waals surface area contributed by atoms with Crippen LogP contribution >= 0.6 is 46.6 Å². The van der Waals surface area contributed by atoms with Crippen LogP contribution < -0.4 is 4.90 Å². The Balaban J connectivity index is 1.52. The zero-order valence-electron chi connectivity index (χ0n) is 22.2. The molecule has 0 amide bonds. The van der Waals surface area contributed by atoms with Crippen LogP contribution in [0.1, 0.15) is 21.9 Å². The number of hydrogen-bond donors (Lipinski definition) is 0. The number of fused-ring (bicyclic) bond motifs is 2. The summed E-state index contributed by atoms with van der Waals surface area (Å²) in [5.41, 5.74) is 4.14. The summed E-state index contributed by atoms with van der Waals surface area (Å²) in [5.74, 6) is 0.690. The fourth-order valence-corrected chi connectivity index (χ4v) is 8.32. The highest BCUT2D eigenvalue weighted by Gasteiger charge is 2.62. The van der Waals surface area contributed by atoms with E-state index in [2.05, 4.69) is 59.3 Å². The summed E-state index contributed by atoms with van der Waals surface area (Å²) in [5, 5.41) is 6.93. The Morgan fingerprint density at radius 3 is 2.37 bits per heavy atom. The number of piperidine rings is 1. The molecule has 3 aliphatic rings. The van der Waals surface area contributed by atoms with Crippen LogP contribution in [0.5, 0.6) is 0 Å². The molecule has 0 unspecified atom stereocenters. The molecule has 3 aliphatic heterocycles. The van der Waals surface area contributed by atoms with Crippen molar-refractivity contribution in [1.82, 2.24) is 4.90 Å². The Kier molecular flexibility index (Phi) is 7.04. The van der Waals surface area contributed by atoms with Gasteiger partial charge in [0.25, 0.3) is 0 Å². The van der Waals surface area contributed by atoms with Gasteiger partial charge in [-0.05, 0) is 72.8 Å². The van der Waals surface area contributed by atoms with Crippen LogP contribution in [0.4, 0.5) is 5.69 Å². The minimum Gasteiger partial charge on any atom is -0.359 e. The second kappa shape index (κ2) is 10.7. The summed E-state index contributed by atoms with van der Waals surface area (Å²) < 4.78 is 0. The third kappa shape index (κ3) is 4.55. The molecule has 0 aromatic heterocycles. The van der Waals surface area contributed by atoms with E-state index in [0.717, 1.165) is 50.2 Å². The zero-order chi connectivity index (χ0) is 28.1. The Morgan fingerprint density at radius 2 is 1.59 bits per heavy atom. The van der Waals surface area contributed by atoms with Gasteiger partial charge in [-0.3, -0.25) is 4.90 Å². The van der Waals surface area contributed by atoms with Crippen molar-refractivity contribution < 1.29 is 4.84 Å². The van der Waals surface area contributed by atoms with Gasteiger partial charge < -0.3 is 9.74 Å². The zero-order valence-corrected chi connectivity index (χ0v) is 25.3. The van der Waals surface area contributed by atoms with Gasteiger partial charge in [-0.2, -0.15) is 0 Å². The number of likely N-dealkylation sites (N-methyl/N-ethyl adjacent to an activating group) is 1. The minimum absolute atomic E-state index is 0.0213. The molecule has 4 nitrogen and oxygen atoms in total. The van der Waals surface area contributed by atoms with E-state index in [1.165, 1.54) is 0 Å². The molecular formula is C33H26Cl3N3OS. The van der Waals surface area contributed by atoms with Gasteiger partial charge in [0.1, 0.15) is 0 Å². The first-order chi connectivity index (χ1) is 20.0. The van der Waals surface area contributed by atoms with Gasteiger partial charge in [-0.15, -0.1) is 11.8 Å². The molecule has 0 aliphatic carbocycles. The summed E-state index contributed by atoms with van der Waals surface area (Å²) in [6.07, 6.45) is 2.18. The summed E-state index contributed by atoms with van der Waals surface area (Å²) in [6.45, 7) is 1.46. The highest BCUT2D eigenvalue weighted by Crippen LogP contribution is 2.60. The minimum atomic E-state index is -0.926. The molecule has 1 spiro atoms. The van der Waals surface area contributed by atoms with Gasteiger partial charge in [-0.1, -0.05) is 88.5 Å². The van der Waals surface area contributed by atoms with E-state index in [1.807, 2.05) is 72.4 Å². The van der Waals surface area contributed by atoms with Gasteiger partial charge >= 0.3 is 0 Å². The molecule has 3 heterocycles. The Labute approximate surface area is 259 Å². The largest absolute Gasteiger partial charge is 0.359 e. The number of rotatable bonds is 3.